The summed E-state index contributed by atoms with van der Waals surface area (Å²) >= 11 is 0. The zero-order chi connectivity index (χ0) is 21.1. The Morgan fingerprint density at radius 1 is 1.10 bits per heavy atom. The van der Waals surface area contributed by atoms with Crippen LogP contribution in [0.4, 0.5) is 11.6 Å². The predicted molar refractivity (Wildman–Crippen MR) is 117 cm³/mol. The van der Waals surface area contributed by atoms with Crippen molar-refractivity contribution in [3.63, 3.8) is 0 Å². The Morgan fingerprint density at radius 3 is 2.53 bits per heavy atom. The SMILES string of the molecule is CC(C)C(=O)Nc1ccc(CNc2nc3c(cnn3-c3ccccc3)c(=O)[nH]2)cc1. The lowest BCUT2D eigenvalue weighted by atomic mass is 10.1. The van der Waals surface area contributed by atoms with Gasteiger partial charge in [0.1, 0.15) is 5.39 Å². The summed E-state index contributed by atoms with van der Waals surface area (Å²) in [5.74, 6) is 0.266. The largest absolute Gasteiger partial charge is 0.352 e. The normalized spacial score (nSPS) is 11.0. The molecule has 152 valence electrons. The van der Waals surface area contributed by atoms with E-state index in [1.807, 2.05) is 68.4 Å². The van der Waals surface area contributed by atoms with Crippen molar-refractivity contribution >= 4 is 28.6 Å². The van der Waals surface area contributed by atoms with Crippen LogP contribution in [-0.4, -0.2) is 25.7 Å². The number of fused-ring (bicyclic) bond motifs is 1. The fourth-order valence-electron chi connectivity index (χ4n) is 2.94. The molecule has 0 bridgehead atoms. The van der Waals surface area contributed by atoms with Crippen LogP contribution in [0.5, 0.6) is 0 Å². The number of hydrogen-bond acceptors (Lipinski definition) is 5. The highest BCUT2D eigenvalue weighted by Crippen LogP contribution is 2.16. The summed E-state index contributed by atoms with van der Waals surface area (Å²) in [7, 11) is 0. The van der Waals surface area contributed by atoms with E-state index in [2.05, 4.69) is 25.7 Å². The Balaban J connectivity index is 1.52. The minimum atomic E-state index is -0.253. The molecule has 0 aliphatic carbocycles. The molecular weight excluding hydrogens is 380 g/mol. The molecule has 4 rings (SSSR count). The van der Waals surface area contributed by atoms with E-state index in [4.69, 9.17) is 0 Å². The van der Waals surface area contributed by atoms with Gasteiger partial charge in [0.2, 0.25) is 11.9 Å². The van der Waals surface area contributed by atoms with Gasteiger partial charge < -0.3 is 10.6 Å². The van der Waals surface area contributed by atoms with Crippen LogP contribution in [0.15, 0.2) is 65.6 Å². The molecule has 0 aliphatic rings. The number of carbonyl (C=O) groups is 1. The average molecular weight is 402 g/mol. The van der Waals surface area contributed by atoms with Gasteiger partial charge in [0.15, 0.2) is 5.65 Å². The molecule has 0 radical (unpaired) electrons. The summed E-state index contributed by atoms with van der Waals surface area (Å²) in [5, 5.41) is 10.7. The van der Waals surface area contributed by atoms with Crippen LogP contribution in [0.1, 0.15) is 19.4 Å². The van der Waals surface area contributed by atoms with E-state index < -0.39 is 0 Å². The second-order valence-corrected chi connectivity index (χ2v) is 7.24. The lowest BCUT2D eigenvalue weighted by Crippen LogP contribution is -2.17. The fraction of sp³-hybridized carbons (Fsp3) is 0.182. The molecule has 30 heavy (non-hydrogen) atoms. The summed E-state index contributed by atoms with van der Waals surface area (Å²) in [5.41, 5.74) is 2.79. The van der Waals surface area contributed by atoms with Crippen molar-refractivity contribution in [2.45, 2.75) is 20.4 Å². The summed E-state index contributed by atoms with van der Waals surface area (Å²) in [4.78, 5) is 31.5. The minimum absolute atomic E-state index is 0.0222. The second-order valence-electron chi connectivity index (χ2n) is 7.24. The topological polar surface area (TPSA) is 105 Å². The van der Waals surface area contributed by atoms with Gasteiger partial charge in [0, 0.05) is 18.2 Å². The molecular formula is C22H22N6O2. The number of para-hydroxylation sites is 1. The third-order valence-electron chi connectivity index (χ3n) is 4.64. The van der Waals surface area contributed by atoms with Gasteiger partial charge in [-0.2, -0.15) is 10.1 Å². The highest BCUT2D eigenvalue weighted by atomic mass is 16.1. The van der Waals surface area contributed by atoms with Crippen molar-refractivity contribution in [3.8, 4) is 5.69 Å². The van der Waals surface area contributed by atoms with Crippen LogP contribution in [0.2, 0.25) is 0 Å². The summed E-state index contributed by atoms with van der Waals surface area (Å²) in [6, 6.07) is 17.1. The van der Waals surface area contributed by atoms with E-state index in [0.717, 1.165) is 16.9 Å². The molecule has 0 saturated carbocycles. The number of aromatic amines is 1. The third kappa shape index (κ3) is 4.07. The van der Waals surface area contributed by atoms with Crippen LogP contribution in [0, 0.1) is 5.92 Å². The molecule has 8 heteroatoms. The molecule has 0 spiro atoms. The number of nitrogens with one attached hydrogen (secondary N) is 3. The van der Waals surface area contributed by atoms with E-state index in [0.29, 0.717) is 23.5 Å². The van der Waals surface area contributed by atoms with Gasteiger partial charge in [0.25, 0.3) is 5.56 Å². The molecule has 0 saturated heterocycles. The van der Waals surface area contributed by atoms with Gasteiger partial charge in [-0.1, -0.05) is 44.2 Å². The van der Waals surface area contributed by atoms with E-state index in [9.17, 15) is 9.59 Å². The molecule has 8 nitrogen and oxygen atoms in total. The zero-order valence-electron chi connectivity index (χ0n) is 16.7. The van der Waals surface area contributed by atoms with Crippen molar-refractivity contribution in [1.29, 1.82) is 0 Å². The van der Waals surface area contributed by atoms with Crippen molar-refractivity contribution in [2.24, 2.45) is 5.92 Å². The molecule has 2 heterocycles. The maximum absolute atomic E-state index is 12.4. The quantitative estimate of drug-likeness (QED) is 0.459. The lowest BCUT2D eigenvalue weighted by Gasteiger charge is -2.09. The number of H-pyrrole nitrogens is 1. The maximum atomic E-state index is 12.4. The van der Waals surface area contributed by atoms with Gasteiger partial charge in [-0.15, -0.1) is 0 Å². The molecule has 0 atom stereocenters. The van der Waals surface area contributed by atoms with Gasteiger partial charge in [-0.3, -0.25) is 14.6 Å². The standard InChI is InChI=1S/C22H22N6O2/c1-14(2)20(29)25-16-10-8-15(9-11-16)12-23-22-26-19-18(21(30)27-22)13-24-28(19)17-6-4-3-5-7-17/h3-11,13-14H,12H2,1-2H3,(H,25,29)(H2,23,26,27,30). The van der Waals surface area contributed by atoms with Crippen molar-refractivity contribution in [3.05, 3.63) is 76.7 Å². The number of hydrogen-bond donors (Lipinski definition) is 3. The Kier molecular flexibility index (Phi) is 5.30. The summed E-state index contributed by atoms with van der Waals surface area (Å²) in [6.07, 6.45) is 1.52. The Bertz CT molecular complexity index is 1230. The Labute approximate surface area is 173 Å². The highest BCUT2D eigenvalue weighted by Gasteiger charge is 2.11. The molecule has 0 fully saturated rings. The van der Waals surface area contributed by atoms with Crippen molar-refractivity contribution in [1.82, 2.24) is 19.7 Å². The van der Waals surface area contributed by atoms with Crippen LogP contribution >= 0.6 is 0 Å². The number of benzene rings is 2. The monoisotopic (exact) mass is 402 g/mol. The van der Waals surface area contributed by atoms with Crippen LogP contribution in [0.25, 0.3) is 16.7 Å². The van der Waals surface area contributed by atoms with E-state index in [1.54, 1.807) is 4.68 Å². The van der Waals surface area contributed by atoms with Gasteiger partial charge in [-0.25, -0.2) is 4.68 Å². The minimum Gasteiger partial charge on any atom is -0.352 e. The molecule has 0 aliphatic heterocycles. The number of nitrogens with zero attached hydrogens (tertiary/aromatic N) is 3. The molecule has 3 N–H and O–H groups in total. The van der Waals surface area contributed by atoms with Gasteiger partial charge in [0.05, 0.1) is 11.9 Å². The number of amides is 1. The first-order valence-electron chi connectivity index (χ1n) is 9.68. The molecule has 2 aromatic heterocycles. The molecule has 0 unspecified atom stereocenters. The first-order chi connectivity index (χ1) is 14.5. The first kappa shape index (κ1) is 19.4. The second kappa shape index (κ2) is 8.20. The average Bonchev–Trinajstić information content (AvgIpc) is 3.18. The molecule has 1 amide bonds. The highest BCUT2D eigenvalue weighted by molar-refractivity contribution is 5.92. The van der Waals surface area contributed by atoms with Crippen molar-refractivity contribution < 1.29 is 4.79 Å². The Morgan fingerprint density at radius 2 is 1.83 bits per heavy atom. The summed E-state index contributed by atoms with van der Waals surface area (Å²) in [6.45, 7) is 4.16. The van der Waals surface area contributed by atoms with Crippen LogP contribution in [0.3, 0.4) is 0 Å². The van der Waals surface area contributed by atoms with Crippen molar-refractivity contribution in [2.75, 3.05) is 10.6 Å². The fourth-order valence-corrected chi connectivity index (χ4v) is 2.94. The number of aromatic nitrogens is 4. The molecule has 2 aromatic carbocycles. The number of carbonyl (C=O) groups excluding carboxylic acids is 1. The number of rotatable bonds is 6. The van der Waals surface area contributed by atoms with E-state index in [-0.39, 0.29) is 17.4 Å². The van der Waals surface area contributed by atoms with Gasteiger partial charge in [-0.05, 0) is 29.8 Å². The predicted octanol–water partition coefficient (Wildman–Crippen LogP) is 3.32. The first-order valence-corrected chi connectivity index (χ1v) is 9.68. The molecule has 4 aromatic rings. The summed E-state index contributed by atoms with van der Waals surface area (Å²) < 4.78 is 1.64. The van der Waals surface area contributed by atoms with Gasteiger partial charge >= 0.3 is 0 Å². The number of anilines is 2. The van der Waals surface area contributed by atoms with E-state index >= 15 is 0 Å². The van der Waals surface area contributed by atoms with Crippen LogP contribution in [-0.2, 0) is 11.3 Å². The smallest absolute Gasteiger partial charge is 0.263 e. The third-order valence-corrected chi connectivity index (χ3v) is 4.64. The van der Waals surface area contributed by atoms with E-state index in [1.165, 1.54) is 6.20 Å². The zero-order valence-corrected chi connectivity index (χ0v) is 16.7. The lowest BCUT2D eigenvalue weighted by molar-refractivity contribution is -0.118. The maximum Gasteiger partial charge on any atom is 0.263 e. The Hall–Kier alpha value is -3.94. The van der Waals surface area contributed by atoms with Crippen LogP contribution < -0.4 is 16.2 Å².